The average molecular weight is 361 g/mol. The number of nitrogens with zero attached hydrogens (tertiary/aromatic N) is 3. The Morgan fingerprint density at radius 2 is 1.85 bits per heavy atom. The van der Waals surface area contributed by atoms with Gasteiger partial charge in [-0.15, -0.1) is 5.10 Å². The largest absolute Gasteiger partial charge is 0.447 e. The summed E-state index contributed by atoms with van der Waals surface area (Å²) in [4.78, 5) is 14.0. The number of aryl methyl sites for hydroxylation is 2. The average Bonchev–Trinajstić information content (AvgIpc) is 3.06. The first-order chi connectivity index (χ1) is 13.1. The summed E-state index contributed by atoms with van der Waals surface area (Å²) >= 11 is 0. The Labute approximate surface area is 157 Å². The molecule has 1 aliphatic rings. The molecule has 1 saturated heterocycles. The lowest BCUT2D eigenvalue weighted by Gasteiger charge is -2.22. The summed E-state index contributed by atoms with van der Waals surface area (Å²) < 4.78 is 11.0. The van der Waals surface area contributed by atoms with Crippen molar-refractivity contribution >= 4 is 11.8 Å². The molecule has 6 heteroatoms. The third-order valence-electron chi connectivity index (χ3n) is 4.41. The molecule has 0 unspecified atom stereocenters. The summed E-state index contributed by atoms with van der Waals surface area (Å²) in [7, 11) is 0. The van der Waals surface area contributed by atoms with Crippen LogP contribution in [-0.2, 0) is 4.74 Å². The number of carbonyl (C=O) groups excluding carboxylic acids is 1. The van der Waals surface area contributed by atoms with E-state index in [0.29, 0.717) is 18.2 Å². The van der Waals surface area contributed by atoms with E-state index in [1.807, 2.05) is 50.2 Å². The Hall–Kier alpha value is -3.41. The van der Waals surface area contributed by atoms with Gasteiger partial charge < -0.3 is 9.47 Å². The minimum absolute atomic E-state index is 0.146. The minimum Gasteiger partial charge on any atom is -0.447 e. The molecule has 2 heterocycles. The number of ether oxygens (including phenoxy) is 2. The van der Waals surface area contributed by atoms with Gasteiger partial charge in [-0.2, -0.15) is 5.10 Å². The van der Waals surface area contributed by atoms with Gasteiger partial charge in [-0.1, -0.05) is 29.8 Å². The zero-order valence-corrected chi connectivity index (χ0v) is 15.1. The first-order valence-electron chi connectivity index (χ1n) is 8.71. The van der Waals surface area contributed by atoms with Crippen LogP contribution in [0.25, 0.3) is 0 Å². The van der Waals surface area contributed by atoms with Crippen LogP contribution in [0.3, 0.4) is 0 Å². The molecule has 0 aliphatic carbocycles. The van der Waals surface area contributed by atoms with Crippen LogP contribution in [0, 0.1) is 13.8 Å². The maximum absolute atomic E-state index is 12.3. The number of hydrogen-bond acceptors (Lipinski definition) is 5. The van der Waals surface area contributed by atoms with E-state index in [1.165, 1.54) is 0 Å². The van der Waals surface area contributed by atoms with E-state index in [4.69, 9.17) is 9.47 Å². The molecule has 0 spiro atoms. The van der Waals surface area contributed by atoms with Crippen LogP contribution < -0.4 is 9.64 Å². The van der Waals surface area contributed by atoms with Gasteiger partial charge in [-0.3, -0.25) is 4.90 Å². The van der Waals surface area contributed by atoms with Crippen molar-refractivity contribution in [3.63, 3.8) is 0 Å². The second-order valence-electron chi connectivity index (χ2n) is 6.49. The molecule has 0 N–H and O–H groups in total. The fourth-order valence-corrected chi connectivity index (χ4v) is 3.07. The van der Waals surface area contributed by atoms with Crippen molar-refractivity contribution in [1.29, 1.82) is 0 Å². The summed E-state index contributed by atoms with van der Waals surface area (Å²) in [5.74, 6) is 1.04. The molecule has 0 radical (unpaired) electrons. The van der Waals surface area contributed by atoms with Gasteiger partial charge in [0.25, 0.3) is 0 Å². The van der Waals surface area contributed by atoms with Gasteiger partial charge in [-0.05, 0) is 49.7 Å². The highest BCUT2D eigenvalue weighted by Crippen LogP contribution is 2.34. The molecule has 3 aromatic rings. The van der Waals surface area contributed by atoms with E-state index in [1.54, 1.807) is 23.1 Å². The molecule has 1 aromatic heterocycles. The topological polar surface area (TPSA) is 64.5 Å². The highest BCUT2D eigenvalue weighted by Gasteiger charge is 2.35. The highest BCUT2D eigenvalue weighted by atomic mass is 16.6. The van der Waals surface area contributed by atoms with Crippen molar-refractivity contribution in [3.05, 3.63) is 77.5 Å². The molecule has 1 atom stereocenters. The van der Waals surface area contributed by atoms with Crippen LogP contribution in [0.2, 0.25) is 0 Å². The zero-order valence-electron chi connectivity index (χ0n) is 15.1. The fourth-order valence-electron chi connectivity index (χ4n) is 3.07. The predicted octanol–water partition coefficient (Wildman–Crippen LogP) is 4.58. The molecule has 1 fully saturated rings. The van der Waals surface area contributed by atoms with E-state index < -0.39 is 0 Å². The lowest BCUT2D eigenvalue weighted by molar-refractivity contribution is 0.179. The van der Waals surface area contributed by atoms with Crippen LogP contribution in [-0.4, -0.2) is 22.9 Å². The fraction of sp³-hybridized carbons (Fsp3) is 0.190. The molecule has 1 amide bonds. The summed E-state index contributed by atoms with van der Waals surface area (Å²) in [6.07, 6.45) is -0.348. The molecule has 27 heavy (non-hydrogen) atoms. The van der Waals surface area contributed by atoms with E-state index in [0.717, 1.165) is 22.5 Å². The summed E-state index contributed by atoms with van der Waals surface area (Å²) in [6, 6.07) is 18.9. The molecule has 6 nitrogen and oxygen atoms in total. The van der Waals surface area contributed by atoms with Crippen molar-refractivity contribution in [3.8, 4) is 11.6 Å². The van der Waals surface area contributed by atoms with Crippen molar-refractivity contribution in [2.45, 2.75) is 19.9 Å². The minimum atomic E-state index is -0.348. The van der Waals surface area contributed by atoms with E-state index in [-0.39, 0.29) is 12.1 Å². The standard InChI is InChI=1S/C21H19N3O3/c1-14-4-3-5-16(12-14)19-13-26-21(25)24(19)17-7-9-18(10-8-17)27-20-11-6-15(2)22-23-20/h3-12,19H,13H2,1-2H3/t19-/m1/s1. The number of amides is 1. The number of carbonyl (C=O) groups is 1. The number of hydrogen-bond donors (Lipinski definition) is 0. The number of anilines is 1. The monoisotopic (exact) mass is 361 g/mol. The summed E-state index contributed by atoms with van der Waals surface area (Å²) in [6.45, 7) is 4.23. The molecule has 136 valence electrons. The lowest BCUT2D eigenvalue weighted by Crippen LogP contribution is -2.27. The summed E-state index contributed by atoms with van der Waals surface area (Å²) in [5.41, 5.74) is 3.78. The van der Waals surface area contributed by atoms with E-state index in [2.05, 4.69) is 16.3 Å². The normalized spacial score (nSPS) is 16.3. The summed E-state index contributed by atoms with van der Waals surface area (Å²) in [5, 5.41) is 7.96. The molecule has 0 saturated carbocycles. The first-order valence-corrected chi connectivity index (χ1v) is 8.71. The zero-order chi connectivity index (χ0) is 18.8. The Balaban J connectivity index is 1.56. The van der Waals surface area contributed by atoms with Crippen LogP contribution in [0.4, 0.5) is 10.5 Å². The van der Waals surface area contributed by atoms with Crippen molar-refractivity contribution < 1.29 is 14.3 Å². The van der Waals surface area contributed by atoms with Gasteiger partial charge in [0.2, 0.25) is 5.88 Å². The van der Waals surface area contributed by atoms with Crippen LogP contribution in [0.5, 0.6) is 11.6 Å². The third-order valence-corrected chi connectivity index (χ3v) is 4.41. The van der Waals surface area contributed by atoms with Crippen LogP contribution in [0.1, 0.15) is 22.9 Å². The molecule has 0 bridgehead atoms. The van der Waals surface area contributed by atoms with Gasteiger partial charge in [0, 0.05) is 11.8 Å². The van der Waals surface area contributed by atoms with E-state index >= 15 is 0 Å². The van der Waals surface area contributed by atoms with Gasteiger partial charge >= 0.3 is 6.09 Å². The Morgan fingerprint density at radius 1 is 1.04 bits per heavy atom. The van der Waals surface area contributed by atoms with E-state index in [9.17, 15) is 4.79 Å². The smallest absolute Gasteiger partial charge is 0.415 e. The SMILES string of the molecule is Cc1cccc([C@H]2COC(=O)N2c2ccc(Oc3ccc(C)nn3)cc2)c1. The number of aromatic nitrogens is 2. The molecule has 2 aromatic carbocycles. The molecular weight excluding hydrogens is 342 g/mol. The molecule has 4 rings (SSSR count). The molecular formula is C21H19N3O3. The molecule has 1 aliphatic heterocycles. The highest BCUT2D eigenvalue weighted by molar-refractivity contribution is 5.90. The lowest BCUT2D eigenvalue weighted by atomic mass is 10.0. The van der Waals surface area contributed by atoms with Crippen LogP contribution in [0.15, 0.2) is 60.7 Å². The van der Waals surface area contributed by atoms with Crippen molar-refractivity contribution in [1.82, 2.24) is 10.2 Å². The maximum Gasteiger partial charge on any atom is 0.415 e. The van der Waals surface area contributed by atoms with Gasteiger partial charge in [-0.25, -0.2) is 4.79 Å². The Kier molecular flexibility index (Phi) is 4.46. The van der Waals surface area contributed by atoms with Crippen LogP contribution >= 0.6 is 0 Å². The van der Waals surface area contributed by atoms with Crippen molar-refractivity contribution in [2.24, 2.45) is 0 Å². The second-order valence-corrected chi connectivity index (χ2v) is 6.49. The second kappa shape index (κ2) is 7.07. The van der Waals surface area contributed by atoms with Crippen molar-refractivity contribution in [2.75, 3.05) is 11.5 Å². The van der Waals surface area contributed by atoms with Gasteiger partial charge in [0.15, 0.2) is 0 Å². The number of benzene rings is 2. The quantitative estimate of drug-likeness (QED) is 0.680. The Bertz CT molecular complexity index is 955. The maximum atomic E-state index is 12.3. The third kappa shape index (κ3) is 3.60. The number of rotatable bonds is 4. The Morgan fingerprint density at radius 3 is 2.56 bits per heavy atom. The van der Waals surface area contributed by atoms with Gasteiger partial charge in [0.05, 0.1) is 11.7 Å². The van der Waals surface area contributed by atoms with Gasteiger partial charge in [0.1, 0.15) is 12.4 Å². The first kappa shape index (κ1) is 17.0. The predicted molar refractivity (Wildman–Crippen MR) is 101 cm³/mol. The number of cyclic esters (lactones) is 1.